The molecule has 0 bridgehead atoms. The smallest absolute Gasteiger partial charge is 0.191 e. The summed E-state index contributed by atoms with van der Waals surface area (Å²) in [5.41, 5.74) is 1.11. The van der Waals surface area contributed by atoms with Crippen molar-refractivity contribution in [1.29, 1.82) is 0 Å². The van der Waals surface area contributed by atoms with Gasteiger partial charge < -0.3 is 10.6 Å². The van der Waals surface area contributed by atoms with Crippen molar-refractivity contribution in [3.63, 3.8) is 0 Å². The molecule has 108 valence electrons. The average molecular weight is 265 g/mol. The fourth-order valence-corrected chi connectivity index (χ4v) is 1.78. The van der Waals surface area contributed by atoms with Gasteiger partial charge in [0.1, 0.15) is 0 Å². The van der Waals surface area contributed by atoms with Crippen LogP contribution < -0.4 is 10.6 Å². The second kappa shape index (κ2) is 8.56. The lowest BCUT2D eigenvalue weighted by Crippen LogP contribution is -2.37. The highest BCUT2D eigenvalue weighted by Gasteiger charge is 2.00. The first-order valence-corrected chi connectivity index (χ1v) is 7.12. The van der Waals surface area contributed by atoms with Crippen molar-refractivity contribution in [2.45, 2.75) is 40.2 Å². The molecule has 2 N–H and O–H groups in total. The number of nitrogens with one attached hydrogen (secondary N) is 2. The second-order valence-corrected chi connectivity index (χ2v) is 5.10. The molecule has 0 saturated carbocycles. The summed E-state index contributed by atoms with van der Waals surface area (Å²) in [5.74, 6) is 1.64. The summed E-state index contributed by atoms with van der Waals surface area (Å²) in [5, 5.41) is 10.8. The molecule has 0 radical (unpaired) electrons. The quantitative estimate of drug-likeness (QED) is 0.450. The van der Waals surface area contributed by atoms with Gasteiger partial charge in [-0.3, -0.25) is 4.68 Å². The SMILES string of the molecule is CCNC(=NCc1ccnn1C)NCCCC(C)C. The maximum Gasteiger partial charge on any atom is 0.191 e. The maximum absolute atomic E-state index is 4.57. The van der Waals surface area contributed by atoms with Gasteiger partial charge in [0.2, 0.25) is 0 Å². The van der Waals surface area contributed by atoms with Crippen LogP contribution in [0.25, 0.3) is 0 Å². The van der Waals surface area contributed by atoms with E-state index in [1.807, 2.05) is 17.8 Å². The van der Waals surface area contributed by atoms with E-state index >= 15 is 0 Å². The predicted molar refractivity (Wildman–Crippen MR) is 80.1 cm³/mol. The summed E-state index contributed by atoms with van der Waals surface area (Å²) in [4.78, 5) is 4.57. The van der Waals surface area contributed by atoms with E-state index in [1.54, 1.807) is 6.20 Å². The van der Waals surface area contributed by atoms with Gasteiger partial charge in [-0.05, 0) is 31.7 Å². The van der Waals surface area contributed by atoms with Crippen LogP contribution in [0.2, 0.25) is 0 Å². The largest absolute Gasteiger partial charge is 0.357 e. The summed E-state index contributed by atoms with van der Waals surface area (Å²) < 4.78 is 1.85. The first-order chi connectivity index (χ1) is 9.13. The topological polar surface area (TPSA) is 54.2 Å². The molecule has 5 heteroatoms. The lowest BCUT2D eigenvalue weighted by Gasteiger charge is -2.12. The molecule has 0 fully saturated rings. The predicted octanol–water partition coefficient (Wildman–Crippen LogP) is 1.91. The van der Waals surface area contributed by atoms with Crippen LogP contribution in [0.3, 0.4) is 0 Å². The molecule has 0 aliphatic heterocycles. The average Bonchev–Trinajstić information content (AvgIpc) is 2.77. The number of guanidine groups is 1. The number of nitrogens with zero attached hydrogens (tertiary/aromatic N) is 3. The maximum atomic E-state index is 4.57. The minimum atomic E-state index is 0.649. The molecule has 0 aliphatic rings. The summed E-state index contributed by atoms with van der Waals surface area (Å²) in [6.45, 7) is 9.07. The Morgan fingerprint density at radius 1 is 1.42 bits per heavy atom. The van der Waals surface area contributed by atoms with Gasteiger partial charge in [0.15, 0.2) is 5.96 Å². The summed E-state index contributed by atoms with van der Waals surface area (Å²) in [6, 6.07) is 1.99. The molecule has 19 heavy (non-hydrogen) atoms. The van der Waals surface area contributed by atoms with Crippen LogP contribution in [-0.2, 0) is 13.6 Å². The molecule has 0 unspecified atom stereocenters. The van der Waals surface area contributed by atoms with E-state index in [0.29, 0.717) is 6.54 Å². The summed E-state index contributed by atoms with van der Waals surface area (Å²) >= 11 is 0. The molecule has 0 saturated heterocycles. The Balaban J connectivity index is 2.40. The highest BCUT2D eigenvalue weighted by Crippen LogP contribution is 2.02. The standard InChI is InChI=1S/C14H27N5/c1-5-15-14(16-9-6-7-12(2)3)17-11-13-8-10-18-19(13)4/h8,10,12H,5-7,9,11H2,1-4H3,(H2,15,16,17). The number of hydrogen-bond donors (Lipinski definition) is 2. The van der Waals surface area contributed by atoms with Crippen molar-refractivity contribution < 1.29 is 0 Å². The summed E-state index contributed by atoms with van der Waals surface area (Å²) in [7, 11) is 1.94. The Morgan fingerprint density at radius 3 is 2.79 bits per heavy atom. The van der Waals surface area contributed by atoms with Gasteiger partial charge in [0.25, 0.3) is 0 Å². The van der Waals surface area contributed by atoms with Gasteiger partial charge in [-0.2, -0.15) is 5.10 Å². The highest BCUT2D eigenvalue weighted by molar-refractivity contribution is 5.79. The Hall–Kier alpha value is -1.52. The second-order valence-electron chi connectivity index (χ2n) is 5.10. The molecule has 1 heterocycles. The van der Waals surface area contributed by atoms with Gasteiger partial charge in [-0.15, -0.1) is 0 Å². The lowest BCUT2D eigenvalue weighted by atomic mass is 10.1. The van der Waals surface area contributed by atoms with E-state index in [2.05, 4.69) is 41.5 Å². The van der Waals surface area contributed by atoms with Crippen molar-refractivity contribution in [3.8, 4) is 0 Å². The van der Waals surface area contributed by atoms with Crippen LogP contribution >= 0.6 is 0 Å². The minimum absolute atomic E-state index is 0.649. The third-order valence-corrected chi connectivity index (χ3v) is 2.92. The number of rotatable bonds is 7. The highest BCUT2D eigenvalue weighted by atomic mass is 15.3. The number of aryl methyl sites for hydroxylation is 1. The van der Waals surface area contributed by atoms with E-state index in [1.165, 1.54) is 12.8 Å². The third-order valence-electron chi connectivity index (χ3n) is 2.92. The lowest BCUT2D eigenvalue weighted by molar-refractivity contribution is 0.549. The Morgan fingerprint density at radius 2 is 2.21 bits per heavy atom. The van der Waals surface area contributed by atoms with Crippen molar-refractivity contribution in [1.82, 2.24) is 20.4 Å². The zero-order chi connectivity index (χ0) is 14.1. The molecule has 0 aromatic carbocycles. The van der Waals surface area contributed by atoms with Gasteiger partial charge >= 0.3 is 0 Å². The normalized spacial score (nSPS) is 11.9. The monoisotopic (exact) mass is 265 g/mol. The molecular weight excluding hydrogens is 238 g/mol. The number of aliphatic imine (C=N–C) groups is 1. The minimum Gasteiger partial charge on any atom is -0.357 e. The van der Waals surface area contributed by atoms with Gasteiger partial charge in [0, 0.05) is 26.3 Å². The number of aromatic nitrogens is 2. The molecule has 1 aromatic rings. The first-order valence-electron chi connectivity index (χ1n) is 7.12. The zero-order valence-electron chi connectivity index (χ0n) is 12.6. The van der Waals surface area contributed by atoms with E-state index in [-0.39, 0.29) is 0 Å². The fourth-order valence-electron chi connectivity index (χ4n) is 1.78. The van der Waals surface area contributed by atoms with E-state index < -0.39 is 0 Å². The van der Waals surface area contributed by atoms with Crippen LogP contribution in [-0.4, -0.2) is 28.8 Å². The number of hydrogen-bond acceptors (Lipinski definition) is 2. The van der Waals surface area contributed by atoms with E-state index in [9.17, 15) is 0 Å². The summed E-state index contributed by atoms with van der Waals surface area (Å²) in [6.07, 6.45) is 4.22. The zero-order valence-corrected chi connectivity index (χ0v) is 12.6. The van der Waals surface area contributed by atoms with E-state index in [4.69, 9.17) is 0 Å². The molecule has 0 aliphatic carbocycles. The first kappa shape index (κ1) is 15.5. The molecule has 0 amide bonds. The van der Waals surface area contributed by atoms with Crippen LogP contribution in [0.4, 0.5) is 0 Å². The van der Waals surface area contributed by atoms with Crippen molar-refractivity contribution in [3.05, 3.63) is 18.0 Å². The van der Waals surface area contributed by atoms with Crippen molar-refractivity contribution in [2.75, 3.05) is 13.1 Å². The van der Waals surface area contributed by atoms with Crippen LogP contribution in [0.1, 0.15) is 39.3 Å². The molecule has 1 rings (SSSR count). The molecule has 1 aromatic heterocycles. The van der Waals surface area contributed by atoms with Gasteiger partial charge in [-0.1, -0.05) is 13.8 Å². The van der Waals surface area contributed by atoms with Crippen LogP contribution in [0.5, 0.6) is 0 Å². The van der Waals surface area contributed by atoms with Crippen LogP contribution in [0, 0.1) is 5.92 Å². The molecular formula is C14H27N5. The van der Waals surface area contributed by atoms with Gasteiger partial charge in [-0.25, -0.2) is 4.99 Å². The van der Waals surface area contributed by atoms with Gasteiger partial charge in [0.05, 0.1) is 12.2 Å². The van der Waals surface area contributed by atoms with Crippen molar-refractivity contribution >= 4 is 5.96 Å². The third kappa shape index (κ3) is 6.27. The molecule has 0 spiro atoms. The Labute approximate surface area is 116 Å². The Kier molecular flexibility index (Phi) is 7.00. The molecule has 5 nitrogen and oxygen atoms in total. The molecule has 0 atom stereocenters. The van der Waals surface area contributed by atoms with Crippen molar-refractivity contribution in [2.24, 2.45) is 18.0 Å². The fraction of sp³-hybridized carbons (Fsp3) is 0.714. The van der Waals surface area contributed by atoms with Crippen LogP contribution in [0.15, 0.2) is 17.3 Å². The Bertz CT molecular complexity index is 381. The van der Waals surface area contributed by atoms with E-state index in [0.717, 1.165) is 30.7 Å².